The fourth-order valence-corrected chi connectivity index (χ4v) is 3.00. The van der Waals surface area contributed by atoms with E-state index in [1.54, 1.807) is 30.3 Å². The van der Waals surface area contributed by atoms with Crippen molar-refractivity contribution in [3.05, 3.63) is 71.0 Å². The Morgan fingerprint density at radius 1 is 1.24 bits per heavy atom. The van der Waals surface area contributed by atoms with Gasteiger partial charge in [0.15, 0.2) is 0 Å². The summed E-state index contributed by atoms with van der Waals surface area (Å²) in [4.78, 5) is 25.6. The summed E-state index contributed by atoms with van der Waals surface area (Å²) in [5.74, 6) is -1.39. The molecule has 0 radical (unpaired) electrons. The third-order valence-electron chi connectivity index (χ3n) is 4.54. The lowest BCUT2D eigenvalue weighted by atomic mass is 9.79. The van der Waals surface area contributed by atoms with E-state index < -0.39 is 24.9 Å². The van der Waals surface area contributed by atoms with Crippen molar-refractivity contribution in [2.75, 3.05) is 20.7 Å². The summed E-state index contributed by atoms with van der Waals surface area (Å²) in [5, 5.41) is 30.5. The van der Waals surface area contributed by atoms with Crippen LogP contribution >= 0.6 is 0 Å². The van der Waals surface area contributed by atoms with Gasteiger partial charge in [-0.15, -0.1) is 0 Å². The maximum atomic E-state index is 14.0. The van der Waals surface area contributed by atoms with Gasteiger partial charge in [0, 0.05) is 26.5 Å². The van der Waals surface area contributed by atoms with Crippen LogP contribution < -0.4 is 10.1 Å². The molecule has 0 heterocycles. The van der Waals surface area contributed by atoms with Crippen LogP contribution in [-0.4, -0.2) is 54.6 Å². The van der Waals surface area contributed by atoms with Gasteiger partial charge < -0.3 is 25.0 Å². The van der Waals surface area contributed by atoms with E-state index in [1.165, 1.54) is 31.1 Å². The lowest BCUT2D eigenvalue weighted by Crippen LogP contribution is -2.32. The van der Waals surface area contributed by atoms with E-state index in [-0.39, 0.29) is 42.1 Å². The average Bonchev–Trinajstić information content (AvgIpc) is 2.76. The minimum absolute atomic E-state index is 0.0604. The van der Waals surface area contributed by atoms with Crippen molar-refractivity contribution in [1.29, 1.82) is 5.26 Å². The molecular weight excluding hydrogens is 428 g/mol. The Kier molecular flexibility index (Phi) is 9.60. The summed E-state index contributed by atoms with van der Waals surface area (Å²) in [7, 11) is 1.41. The highest BCUT2D eigenvalue weighted by molar-refractivity contribution is 6.41. The molecule has 172 valence electrons. The van der Waals surface area contributed by atoms with Crippen LogP contribution in [0.5, 0.6) is 5.75 Å². The monoisotopic (exact) mass is 453 g/mol. The Balaban J connectivity index is 2.01. The van der Waals surface area contributed by atoms with Gasteiger partial charge in [-0.25, -0.2) is 4.39 Å². The molecule has 33 heavy (non-hydrogen) atoms. The number of carbonyl (C=O) groups excluding carboxylic acids is 2. The molecule has 0 aliphatic heterocycles. The molecule has 0 saturated carbocycles. The van der Waals surface area contributed by atoms with Crippen LogP contribution in [0.25, 0.3) is 6.08 Å². The molecule has 0 saturated heterocycles. The largest absolute Gasteiger partial charge is 0.493 e. The Labute approximate surface area is 192 Å². The minimum Gasteiger partial charge on any atom is -0.493 e. The van der Waals surface area contributed by atoms with Crippen LogP contribution in [0.15, 0.2) is 54.1 Å². The number of hydrogen-bond acceptors (Lipinski definition) is 6. The Bertz CT molecular complexity index is 1040. The van der Waals surface area contributed by atoms with Crippen molar-refractivity contribution in [3.8, 4) is 11.8 Å². The number of halogens is 1. The van der Waals surface area contributed by atoms with Gasteiger partial charge in [0.2, 0.25) is 5.91 Å². The van der Waals surface area contributed by atoms with Gasteiger partial charge in [-0.3, -0.25) is 9.59 Å². The van der Waals surface area contributed by atoms with Crippen molar-refractivity contribution in [2.24, 2.45) is 0 Å². The Morgan fingerprint density at radius 2 is 1.94 bits per heavy atom. The van der Waals surface area contributed by atoms with E-state index >= 15 is 0 Å². The molecule has 8 nitrogen and oxygen atoms in total. The number of carbonyl (C=O) groups is 2. The highest BCUT2D eigenvalue weighted by atomic mass is 19.1. The van der Waals surface area contributed by atoms with Gasteiger partial charge in [0.25, 0.3) is 5.91 Å². The number of benzene rings is 2. The maximum Gasteiger partial charge on any atom is 0.453 e. The number of ether oxygens (including phenoxy) is 1. The van der Waals surface area contributed by atoms with Gasteiger partial charge in [0.1, 0.15) is 23.2 Å². The second-order valence-electron chi connectivity index (χ2n) is 7.44. The highest BCUT2D eigenvalue weighted by Crippen LogP contribution is 2.20. The fourth-order valence-electron chi connectivity index (χ4n) is 3.00. The van der Waals surface area contributed by atoms with Crippen molar-refractivity contribution < 1.29 is 28.8 Å². The van der Waals surface area contributed by atoms with E-state index in [0.717, 1.165) is 17.7 Å². The number of rotatable bonds is 10. The summed E-state index contributed by atoms with van der Waals surface area (Å²) in [6, 6.07) is 13.8. The summed E-state index contributed by atoms with van der Waals surface area (Å²) < 4.78 is 19.5. The Hall–Kier alpha value is -3.68. The normalized spacial score (nSPS) is 11.8. The van der Waals surface area contributed by atoms with Crippen molar-refractivity contribution >= 4 is 25.0 Å². The van der Waals surface area contributed by atoms with Crippen LogP contribution in [0.4, 0.5) is 4.39 Å². The van der Waals surface area contributed by atoms with Crippen LogP contribution in [0.3, 0.4) is 0 Å². The van der Waals surface area contributed by atoms with Gasteiger partial charge in [0.05, 0.1) is 19.1 Å². The summed E-state index contributed by atoms with van der Waals surface area (Å²) in [6.07, 6.45) is 1.12. The number of amides is 2. The predicted molar refractivity (Wildman–Crippen MR) is 121 cm³/mol. The zero-order chi connectivity index (χ0) is 24.4. The predicted octanol–water partition coefficient (Wildman–Crippen LogP) is 1.92. The first-order valence-corrected chi connectivity index (χ1v) is 10.2. The molecule has 0 aliphatic rings. The molecule has 2 aromatic carbocycles. The zero-order valence-corrected chi connectivity index (χ0v) is 18.4. The molecule has 0 aromatic heterocycles. The highest BCUT2D eigenvalue weighted by Gasteiger charge is 2.21. The third kappa shape index (κ3) is 8.41. The molecular formula is C23H25BFN3O5. The van der Waals surface area contributed by atoms with Gasteiger partial charge in [-0.05, 0) is 29.3 Å². The number of nitrogens with zero attached hydrogens (tertiary/aromatic N) is 2. The van der Waals surface area contributed by atoms with E-state index in [9.17, 15) is 29.3 Å². The molecule has 0 aliphatic carbocycles. The first-order chi connectivity index (χ1) is 15.7. The summed E-state index contributed by atoms with van der Waals surface area (Å²) in [6.45, 7) is -0.0661. The average molecular weight is 453 g/mol. The quantitative estimate of drug-likeness (QED) is 0.287. The van der Waals surface area contributed by atoms with Crippen LogP contribution in [0.2, 0.25) is 6.32 Å². The molecule has 2 rings (SSSR count). The first kappa shape index (κ1) is 25.6. The van der Waals surface area contributed by atoms with E-state index in [1.807, 2.05) is 6.07 Å². The third-order valence-corrected chi connectivity index (χ3v) is 4.54. The summed E-state index contributed by atoms with van der Waals surface area (Å²) >= 11 is 0. The van der Waals surface area contributed by atoms with Crippen molar-refractivity contribution in [1.82, 2.24) is 10.2 Å². The number of hydrogen-bond donors (Lipinski definition) is 3. The van der Waals surface area contributed by atoms with Gasteiger partial charge >= 0.3 is 7.12 Å². The number of nitrogens with one attached hydrogen (secondary N) is 1. The van der Waals surface area contributed by atoms with E-state index in [4.69, 9.17) is 4.74 Å². The fraction of sp³-hybridized carbons (Fsp3) is 0.261. The number of nitriles is 1. The van der Waals surface area contributed by atoms with Gasteiger partial charge in [-0.1, -0.05) is 30.3 Å². The van der Waals surface area contributed by atoms with E-state index in [2.05, 4.69) is 5.32 Å². The second kappa shape index (κ2) is 12.4. The molecule has 10 heteroatoms. The molecule has 2 aromatic rings. The second-order valence-corrected chi connectivity index (χ2v) is 7.44. The SMILES string of the molecule is CN(C)C(=O)C(C#N)=Cc1cc(F)cc(OCCC(=O)N[C@@H](CB(O)O)c2ccccc2)c1. The van der Waals surface area contributed by atoms with Crippen LogP contribution in [0, 0.1) is 17.1 Å². The standard InChI is InChI=1S/C23H25BFN3O5/c1-28(2)23(30)18(15-26)10-16-11-19(25)13-20(12-16)33-9-8-22(29)27-21(14-24(31)32)17-6-4-3-5-7-17/h3-7,10-13,21,31-32H,8-9,14H2,1-2H3,(H,27,29)/t21-/m0/s1. The smallest absolute Gasteiger partial charge is 0.453 e. The first-order valence-electron chi connectivity index (χ1n) is 10.2. The van der Waals surface area contributed by atoms with Gasteiger partial charge in [-0.2, -0.15) is 5.26 Å². The molecule has 0 bridgehead atoms. The molecule has 0 spiro atoms. The van der Waals surface area contributed by atoms with Crippen molar-refractivity contribution in [3.63, 3.8) is 0 Å². The van der Waals surface area contributed by atoms with Crippen molar-refractivity contribution in [2.45, 2.75) is 18.8 Å². The zero-order valence-electron chi connectivity index (χ0n) is 18.4. The summed E-state index contributed by atoms with van der Waals surface area (Å²) in [5.41, 5.74) is 0.832. The van der Waals surface area contributed by atoms with E-state index in [0.29, 0.717) is 0 Å². The topological polar surface area (TPSA) is 123 Å². The molecule has 1 atom stereocenters. The molecule has 3 N–H and O–H groups in total. The Morgan fingerprint density at radius 3 is 2.55 bits per heavy atom. The van der Waals surface area contributed by atoms with Crippen LogP contribution in [0.1, 0.15) is 23.6 Å². The minimum atomic E-state index is -1.59. The lowest BCUT2D eigenvalue weighted by molar-refractivity contribution is -0.124. The number of likely N-dealkylation sites (N-methyl/N-ethyl adjacent to an activating group) is 1. The maximum absolute atomic E-state index is 14.0. The molecule has 0 fully saturated rings. The molecule has 2 amide bonds. The molecule has 0 unspecified atom stereocenters. The lowest BCUT2D eigenvalue weighted by Gasteiger charge is -2.19. The van der Waals surface area contributed by atoms with Crippen LogP contribution in [-0.2, 0) is 9.59 Å².